The minimum absolute atomic E-state index is 0.289. The van der Waals surface area contributed by atoms with Gasteiger partial charge in [-0.2, -0.15) is 4.98 Å². The number of hydrogen-bond acceptors (Lipinski definition) is 4. The maximum atomic E-state index is 11.7. The Labute approximate surface area is 125 Å². The molecule has 1 aliphatic rings. The summed E-state index contributed by atoms with van der Waals surface area (Å²) in [6, 6.07) is 7.94. The summed E-state index contributed by atoms with van der Waals surface area (Å²) in [4.78, 5) is 20.7. The number of rotatable bonds is 2. The summed E-state index contributed by atoms with van der Waals surface area (Å²) in [7, 11) is 1.93. The summed E-state index contributed by atoms with van der Waals surface area (Å²) < 4.78 is 0.999. The van der Waals surface area contributed by atoms with Gasteiger partial charge in [-0.3, -0.25) is 0 Å². The third-order valence-electron chi connectivity index (χ3n) is 3.47. The maximum absolute atomic E-state index is 11.7. The van der Waals surface area contributed by atoms with Crippen LogP contribution >= 0.6 is 15.9 Å². The van der Waals surface area contributed by atoms with Crippen molar-refractivity contribution >= 4 is 27.4 Å². The molecule has 104 valence electrons. The third kappa shape index (κ3) is 2.48. The number of fused-ring (bicyclic) bond motifs is 1. The lowest BCUT2D eigenvalue weighted by molar-refractivity contribution is 0.622. The van der Waals surface area contributed by atoms with E-state index in [2.05, 4.69) is 31.2 Å². The Balaban J connectivity index is 2.09. The molecule has 1 aromatic heterocycles. The zero-order chi connectivity index (χ0) is 14.1. The first-order valence-electron chi connectivity index (χ1n) is 6.47. The van der Waals surface area contributed by atoms with Crippen LogP contribution in [-0.2, 0) is 13.0 Å². The summed E-state index contributed by atoms with van der Waals surface area (Å²) in [6.07, 6.45) is 0.826. The molecule has 0 radical (unpaired) electrons. The van der Waals surface area contributed by atoms with Crippen molar-refractivity contribution in [2.24, 2.45) is 0 Å². The topological polar surface area (TPSA) is 61.0 Å². The van der Waals surface area contributed by atoms with Crippen LogP contribution in [-0.4, -0.2) is 23.6 Å². The largest absolute Gasteiger partial charge is 0.347 e. The van der Waals surface area contributed by atoms with Crippen molar-refractivity contribution in [2.75, 3.05) is 18.5 Å². The van der Waals surface area contributed by atoms with Crippen LogP contribution in [0.4, 0.5) is 11.5 Å². The van der Waals surface area contributed by atoms with Gasteiger partial charge in [0.1, 0.15) is 5.82 Å². The van der Waals surface area contributed by atoms with Crippen LogP contribution in [0.1, 0.15) is 11.3 Å². The fourth-order valence-electron chi connectivity index (χ4n) is 2.44. The normalized spacial score (nSPS) is 13.9. The summed E-state index contributed by atoms with van der Waals surface area (Å²) in [5.74, 6) is 0.717. The molecule has 5 nitrogen and oxygen atoms in total. The SMILES string of the molecule is CN(c1cccc(Br)c1)c1nc(=O)[nH]c2c1CNCC2. The summed E-state index contributed by atoms with van der Waals surface area (Å²) >= 11 is 3.47. The smallest absolute Gasteiger partial charge is 0.329 e. The van der Waals surface area contributed by atoms with Gasteiger partial charge in [-0.25, -0.2) is 4.79 Å². The average molecular weight is 335 g/mol. The van der Waals surface area contributed by atoms with Crippen molar-refractivity contribution in [1.82, 2.24) is 15.3 Å². The van der Waals surface area contributed by atoms with Gasteiger partial charge in [0.15, 0.2) is 0 Å². The monoisotopic (exact) mass is 334 g/mol. The fourth-order valence-corrected chi connectivity index (χ4v) is 2.83. The summed E-state index contributed by atoms with van der Waals surface area (Å²) in [5.41, 5.74) is 2.76. The van der Waals surface area contributed by atoms with E-state index in [1.807, 2.05) is 36.2 Å². The van der Waals surface area contributed by atoms with E-state index < -0.39 is 0 Å². The fraction of sp³-hybridized carbons (Fsp3) is 0.286. The van der Waals surface area contributed by atoms with Crippen molar-refractivity contribution in [1.29, 1.82) is 0 Å². The number of aromatic amines is 1. The molecule has 3 rings (SSSR count). The molecule has 0 aliphatic carbocycles. The number of H-pyrrole nitrogens is 1. The van der Waals surface area contributed by atoms with Crippen LogP contribution < -0.4 is 15.9 Å². The molecule has 0 saturated heterocycles. The van der Waals surface area contributed by atoms with Gasteiger partial charge in [0, 0.05) is 48.0 Å². The molecule has 0 amide bonds. The summed E-state index contributed by atoms with van der Waals surface area (Å²) in [5, 5.41) is 3.32. The molecule has 2 heterocycles. The molecule has 0 atom stereocenters. The zero-order valence-electron chi connectivity index (χ0n) is 11.1. The molecular weight excluding hydrogens is 320 g/mol. The second-order valence-corrected chi connectivity index (χ2v) is 5.70. The standard InChI is InChI=1S/C14H15BrN4O/c1-19(10-4-2-3-9(15)7-10)13-11-8-16-6-5-12(11)17-14(20)18-13/h2-4,7,16H,5-6,8H2,1H3,(H,17,18,20). The highest BCUT2D eigenvalue weighted by Gasteiger charge is 2.19. The minimum atomic E-state index is -0.289. The van der Waals surface area contributed by atoms with Crippen LogP contribution in [0, 0.1) is 0 Å². The number of nitrogens with one attached hydrogen (secondary N) is 2. The Morgan fingerprint density at radius 3 is 3.05 bits per heavy atom. The average Bonchev–Trinajstić information content (AvgIpc) is 2.45. The van der Waals surface area contributed by atoms with Crippen molar-refractivity contribution in [3.05, 3.63) is 50.5 Å². The van der Waals surface area contributed by atoms with Gasteiger partial charge in [0.2, 0.25) is 0 Å². The first-order valence-corrected chi connectivity index (χ1v) is 7.26. The number of benzene rings is 1. The Kier molecular flexibility index (Phi) is 3.58. The number of hydrogen-bond donors (Lipinski definition) is 2. The first-order chi connectivity index (χ1) is 9.65. The lowest BCUT2D eigenvalue weighted by Crippen LogP contribution is -2.31. The lowest BCUT2D eigenvalue weighted by Gasteiger charge is -2.25. The predicted molar refractivity (Wildman–Crippen MR) is 82.5 cm³/mol. The van der Waals surface area contributed by atoms with E-state index >= 15 is 0 Å². The zero-order valence-corrected chi connectivity index (χ0v) is 12.7. The predicted octanol–water partition coefficient (Wildman–Crippen LogP) is 1.95. The molecule has 0 unspecified atom stereocenters. The molecular formula is C14H15BrN4O. The van der Waals surface area contributed by atoms with Crippen LogP contribution in [0.3, 0.4) is 0 Å². The quantitative estimate of drug-likeness (QED) is 0.881. The van der Waals surface area contributed by atoms with E-state index in [9.17, 15) is 4.79 Å². The van der Waals surface area contributed by atoms with E-state index in [1.54, 1.807) is 0 Å². The minimum Gasteiger partial charge on any atom is -0.329 e. The highest BCUT2D eigenvalue weighted by molar-refractivity contribution is 9.10. The number of halogens is 1. The Morgan fingerprint density at radius 2 is 2.25 bits per heavy atom. The molecule has 1 aliphatic heterocycles. The molecule has 2 aromatic rings. The molecule has 0 spiro atoms. The van der Waals surface area contributed by atoms with Gasteiger partial charge in [0.05, 0.1) is 0 Å². The van der Waals surface area contributed by atoms with Gasteiger partial charge in [0.25, 0.3) is 0 Å². The van der Waals surface area contributed by atoms with Gasteiger partial charge in [-0.15, -0.1) is 0 Å². The molecule has 2 N–H and O–H groups in total. The molecule has 20 heavy (non-hydrogen) atoms. The van der Waals surface area contributed by atoms with E-state index in [0.29, 0.717) is 5.82 Å². The highest BCUT2D eigenvalue weighted by atomic mass is 79.9. The van der Waals surface area contributed by atoms with Gasteiger partial charge < -0.3 is 15.2 Å². The van der Waals surface area contributed by atoms with E-state index in [-0.39, 0.29) is 5.69 Å². The van der Waals surface area contributed by atoms with E-state index in [1.165, 1.54) is 0 Å². The van der Waals surface area contributed by atoms with Crippen molar-refractivity contribution in [3.63, 3.8) is 0 Å². The third-order valence-corrected chi connectivity index (χ3v) is 3.96. The molecule has 0 fully saturated rings. The second kappa shape index (κ2) is 5.38. The number of aromatic nitrogens is 2. The van der Waals surface area contributed by atoms with Crippen LogP contribution in [0.2, 0.25) is 0 Å². The van der Waals surface area contributed by atoms with Crippen LogP contribution in [0.25, 0.3) is 0 Å². The maximum Gasteiger partial charge on any atom is 0.347 e. The molecule has 6 heteroatoms. The first kappa shape index (κ1) is 13.3. The Morgan fingerprint density at radius 1 is 1.40 bits per heavy atom. The molecule has 0 bridgehead atoms. The van der Waals surface area contributed by atoms with Crippen molar-refractivity contribution in [3.8, 4) is 0 Å². The van der Waals surface area contributed by atoms with Gasteiger partial charge in [-0.05, 0) is 18.2 Å². The lowest BCUT2D eigenvalue weighted by atomic mass is 10.1. The van der Waals surface area contributed by atoms with E-state index in [4.69, 9.17) is 0 Å². The van der Waals surface area contributed by atoms with E-state index in [0.717, 1.165) is 40.9 Å². The highest BCUT2D eigenvalue weighted by Crippen LogP contribution is 2.28. The molecule has 0 saturated carbocycles. The number of nitrogens with zero attached hydrogens (tertiary/aromatic N) is 2. The Hall–Kier alpha value is -1.66. The van der Waals surface area contributed by atoms with Crippen LogP contribution in [0.15, 0.2) is 33.5 Å². The summed E-state index contributed by atoms with van der Waals surface area (Å²) in [6.45, 7) is 1.61. The van der Waals surface area contributed by atoms with Crippen LogP contribution in [0.5, 0.6) is 0 Å². The van der Waals surface area contributed by atoms with Gasteiger partial charge in [-0.1, -0.05) is 22.0 Å². The number of anilines is 2. The Bertz CT molecular complexity index is 698. The van der Waals surface area contributed by atoms with Crippen molar-refractivity contribution < 1.29 is 0 Å². The molecule has 1 aromatic carbocycles. The van der Waals surface area contributed by atoms with Crippen molar-refractivity contribution in [2.45, 2.75) is 13.0 Å². The second-order valence-electron chi connectivity index (χ2n) is 4.79. The van der Waals surface area contributed by atoms with Gasteiger partial charge >= 0.3 is 5.69 Å².